The summed E-state index contributed by atoms with van der Waals surface area (Å²) in [6, 6.07) is 8.71. The van der Waals surface area contributed by atoms with E-state index >= 15 is 0 Å². The number of amidine groups is 1. The van der Waals surface area contributed by atoms with Gasteiger partial charge >= 0.3 is 6.09 Å². The van der Waals surface area contributed by atoms with Gasteiger partial charge in [-0.05, 0) is 76.8 Å². The van der Waals surface area contributed by atoms with E-state index in [2.05, 4.69) is 36.1 Å². The van der Waals surface area contributed by atoms with Crippen LogP contribution in [0.15, 0.2) is 47.1 Å². The van der Waals surface area contributed by atoms with Gasteiger partial charge in [0, 0.05) is 81.8 Å². The summed E-state index contributed by atoms with van der Waals surface area (Å²) in [6.45, 7) is 12.3. The number of anilines is 2. The third kappa shape index (κ3) is 12.6. The van der Waals surface area contributed by atoms with Crippen LogP contribution in [0.1, 0.15) is 82.6 Å². The van der Waals surface area contributed by atoms with E-state index in [0.29, 0.717) is 93.2 Å². The van der Waals surface area contributed by atoms with Crippen LogP contribution in [-0.2, 0) is 19.1 Å². The number of nitrogens with two attached hydrogens (primary N) is 1. The van der Waals surface area contributed by atoms with Gasteiger partial charge in [0.25, 0.3) is 5.91 Å². The van der Waals surface area contributed by atoms with Gasteiger partial charge in [-0.3, -0.25) is 19.2 Å². The second-order valence-corrected chi connectivity index (χ2v) is 14.2. The predicted octanol–water partition coefficient (Wildman–Crippen LogP) is 3.73. The zero-order valence-electron chi connectivity index (χ0n) is 31.4. The molecule has 6 N–H and O–H groups in total. The van der Waals surface area contributed by atoms with Gasteiger partial charge < -0.3 is 41.5 Å². The topological polar surface area (TPSA) is 200 Å². The van der Waals surface area contributed by atoms with Gasteiger partial charge in [0.1, 0.15) is 17.3 Å². The van der Waals surface area contributed by atoms with Crippen LogP contribution in [0, 0.1) is 5.92 Å². The molecule has 0 aliphatic carbocycles. The van der Waals surface area contributed by atoms with Crippen molar-refractivity contribution in [2.45, 2.75) is 72.3 Å². The fourth-order valence-electron chi connectivity index (χ4n) is 6.02. The molecule has 0 radical (unpaired) electrons. The Morgan fingerprint density at radius 3 is 2.38 bits per heavy atom. The summed E-state index contributed by atoms with van der Waals surface area (Å²) in [5.41, 5.74) is 8.23. The number of hydrogen-bond acceptors (Lipinski definition) is 10. The molecule has 286 valence electrons. The lowest BCUT2D eigenvalue weighted by Crippen LogP contribution is -2.42. The fourth-order valence-corrected chi connectivity index (χ4v) is 6.02. The van der Waals surface area contributed by atoms with Gasteiger partial charge in [-0.15, -0.1) is 0 Å². The van der Waals surface area contributed by atoms with E-state index in [4.69, 9.17) is 10.5 Å². The van der Waals surface area contributed by atoms with Gasteiger partial charge in [0.15, 0.2) is 0 Å². The molecule has 0 spiro atoms. The molecular formula is C38H53N9O6. The van der Waals surface area contributed by atoms with Crippen LogP contribution >= 0.6 is 0 Å². The highest BCUT2D eigenvalue weighted by molar-refractivity contribution is 6.08. The lowest BCUT2D eigenvalue weighted by Gasteiger charge is -2.32. The Morgan fingerprint density at radius 2 is 1.72 bits per heavy atom. The van der Waals surface area contributed by atoms with Gasteiger partial charge in [-0.1, -0.05) is 13.0 Å². The number of nitrogens with zero attached hydrogens (tertiary/aromatic N) is 4. The van der Waals surface area contributed by atoms with Gasteiger partial charge in [0.2, 0.25) is 17.7 Å². The number of ether oxygens (including phenoxy) is 1. The number of aliphatic imine (C=N–C) groups is 1. The summed E-state index contributed by atoms with van der Waals surface area (Å²) < 4.78 is 5.28. The van der Waals surface area contributed by atoms with Crippen molar-refractivity contribution in [2.24, 2.45) is 16.6 Å². The number of aromatic nitrogens is 1. The number of carbonyl (C=O) groups is 5. The van der Waals surface area contributed by atoms with Gasteiger partial charge in [-0.2, -0.15) is 0 Å². The fraction of sp³-hybridized carbons (Fsp3) is 0.500. The standard InChI is InChI=1S/C38H53N9O6/c1-6-17-47(18-7-14-42-37(52)53-38(3,4)5)36(51)29-21-27-8-9-28(22-31(27)45-32(39)23-29)35(50)44-30-10-11-33(43-24-30)46-19-12-26(13-20-46)34(49)41-16-15-40-25(2)48/h8-11,21-22,24,26H,6-7,12-20,23H2,1-5H3,(H2,39,45)(H,40,48)(H,41,49)(H,42,52)(H,44,50). The highest BCUT2D eigenvalue weighted by Gasteiger charge is 2.26. The lowest BCUT2D eigenvalue weighted by molar-refractivity contribution is -0.127. The Kier molecular flexibility index (Phi) is 14.3. The summed E-state index contributed by atoms with van der Waals surface area (Å²) in [5.74, 6) is 0.294. The molecule has 1 fully saturated rings. The van der Waals surface area contributed by atoms with E-state index in [-0.39, 0.29) is 41.8 Å². The number of benzene rings is 1. The van der Waals surface area contributed by atoms with Crippen LogP contribution in [-0.4, -0.2) is 96.9 Å². The Bertz CT molecular complexity index is 1690. The molecule has 5 amide bonds. The van der Waals surface area contributed by atoms with E-state index in [1.54, 1.807) is 62.2 Å². The summed E-state index contributed by atoms with van der Waals surface area (Å²) in [7, 11) is 0. The van der Waals surface area contributed by atoms with Crippen molar-refractivity contribution < 1.29 is 28.7 Å². The van der Waals surface area contributed by atoms with Crippen LogP contribution in [0.4, 0.5) is 22.0 Å². The first-order valence-electron chi connectivity index (χ1n) is 18.2. The molecule has 15 nitrogen and oxygen atoms in total. The summed E-state index contributed by atoms with van der Waals surface area (Å²) in [6.07, 6.45) is 5.73. The van der Waals surface area contributed by atoms with Crippen LogP contribution < -0.4 is 31.9 Å². The number of carbonyl (C=O) groups excluding carboxylic acids is 5. The molecule has 53 heavy (non-hydrogen) atoms. The van der Waals surface area contributed by atoms with Crippen molar-refractivity contribution in [3.05, 3.63) is 53.2 Å². The smallest absolute Gasteiger partial charge is 0.407 e. The predicted molar refractivity (Wildman–Crippen MR) is 205 cm³/mol. The first-order valence-corrected chi connectivity index (χ1v) is 18.2. The minimum atomic E-state index is -0.589. The SMILES string of the molecule is CCCN(CCCNC(=O)OC(C)(C)C)C(=O)C1=Cc2ccc(C(=O)Nc3ccc(N4CCC(C(=O)NCCNC(C)=O)CC4)nc3)cc2N=C(N)C1. The molecule has 1 saturated heterocycles. The monoisotopic (exact) mass is 731 g/mol. The molecule has 2 aromatic rings. The molecule has 0 atom stereocenters. The number of piperidine rings is 1. The number of nitrogens with one attached hydrogen (secondary N) is 4. The van der Waals surface area contributed by atoms with Crippen LogP contribution in [0.2, 0.25) is 0 Å². The van der Waals surface area contributed by atoms with E-state index < -0.39 is 11.7 Å². The third-order valence-corrected chi connectivity index (χ3v) is 8.58. The van der Waals surface area contributed by atoms with Crippen LogP contribution in [0.25, 0.3) is 6.08 Å². The molecule has 0 bridgehead atoms. The summed E-state index contributed by atoms with van der Waals surface area (Å²) >= 11 is 0. The number of pyridine rings is 1. The number of amides is 5. The molecule has 3 heterocycles. The molecule has 15 heteroatoms. The normalized spacial score (nSPS) is 14.5. The average molecular weight is 732 g/mol. The van der Waals surface area contributed by atoms with E-state index in [9.17, 15) is 24.0 Å². The molecule has 4 rings (SSSR count). The summed E-state index contributed by atoms with van der Waals surface area (Å²) in [5, 5.41) is 11.2. The van der Waals surface area contributed by atoms with Crippen LogP contribution in [0.5, 0.6) is 0 Å². The lowest BCUT2D eigenvalue weighted by atomic mass is 9.96. The molecule has 1 aromatic heterocycles. The second kappa shape index (κ2) is 18.9. The number of fused-ring (bicyclic) bond motifs is 1. The molecular weight excluding hydrogens is 678 g/mol. The first kappa shape index (κ1) is 40.3. The van der Waals surface area contributed by atoms with E-state index in [1.165, 1.54) is 6.92 Å². The van der Waals surface area contributed by atoms with Crippen molar-refractivity contribution in [2.75, 3.05) is 56.0 Å². The second-order valence-electron chi connectivity index (χ2n) is 14.2. The highest BCUT2D eigenvalue weighted by Crippen LogP contribution is 2.29. The number of alkyl carbamates (subject to hydrolysis) is 1. The average Bonchev–Trinajstić information content (AvgIpc) is 3.28. The van der Waals surface area contributed by atoms with Crippen molar-refractivity contribution in [3.63, 3.8) is 0 Å². The minimum Gasteiger partial charge on any atom is -0.444 e. The maximum absolute atomic E-state index is 13.7. The van der Waals surface area contributed by atoms with Crippen molar-refractivity contribution in [1.82, 2.24) is 25.8 Å². The van der Waals surface area contributed by atoms with Crippen molar-refractivity contribution in [3.8, 4) is 0 Å². The Labute approximate surface area is 311 Å². The van der Waals surface area contributed by atoms with Gasteiger partial charge in [-0.25, -0.2) is 14.8 Å². The first-order chi connectivity index (χ1) is 25.2. The van der Waals surface area contributed by atoms with E-state index in [0.717, 1.165) is 12.2 Å². The van der Waals surface area contributed by atoms with Crippen LogP contribution in [0.3, 0.4) is 0 Å². The molecule has 0 saturated carbocycles. The Hall–Kier alpha value is -5.47. The Morgan fingerprint density at radius 1 is 0.981 bits per heavy atom. The number of hydrogen-bond donors (Lipinski definition) is 5. The molecule has 2 aliphatic heterocycles. The quantitative estimate of drug-likeness (QED) is 0.180. The largest absolute Gasteiger partial charge is 0.444 e. The maximum Gasteiger partial charge on any atom is 0.407 e. The molecule has 2 aliphatic rings. The van der Waals surface area contributed by atoms with E-state index in [1.807, 2.05) is 13.0 Å². The van der Waals surface area contributed by atoms with Crippen molar-refractivity contribution in [1.29, 1.82) is 0 Å². The van der Waals surface area contributed by atoms with Gasteiger partial charge in [0.05, 0.1) is 17.6 Å². The minimum absolute atomic E-state index is 0.00559. The number of rotatable bonds is 14. The summed E-state index contributed by atoms with van der Waals surface area (Å²) in [4.78, 5) is 75.3. The van der Waals surface area contributed by atoms with Crippen molar-refractivity contribution >= 4 is 58.8 Å². The zero-order chi connectivity index (χ0) is 38.5. The third-order valence-electron chi connectivity index (χ3n) is 8.58. The molecule has 0 unspecified atom stereocenters. The zero-order valence-corrected chi connectivity index (χ0v) is 31.4. The highest BCUT2D eigenvalue weighted by atomic mass is 16.6. The molecule has 1 aromatic carbocycles. The Balaban J connectivity index is 1.32. The maximum atomic E-state index is 13.7.